The largest absolute Gasteiger partial charge is 0.367 e. The fraction of sp³-hybridized carbons (Fsp3) is 0.438. The number of sulfonamides is 1. The maximum atomic E-state index is 14.7. The van der Waals surface area contributed by atoms with Crippen LogP contribution in [0.3, 0.4) is 0 Å². The van der Waals surface area contributed by atoms with Crippen molar-refractivity contribution in [3.05, 3.63) is 34.4 Å². The first-order valence-electron chi connectivity index (χ1n) is 8.11. The highest BCUT2D eigenvalue weighted by Gasteiger charge is 2.26. The maximum absolute atomic E-state index is 14.7. The van der Waals surface area contributed by atoms with Gasteiger partial charge in [-0.15, -0.1) is 11.3 Å². The first kappa shape index (κ1) is 18.1. The molecule has 1 atom stereocenters. The predicted molar refractivity (Wildman–Crippen MR) is 98.4 cm³/mol. The fourth-order valence-corrected chi connectivity index (χ4v) is 4.85. The number of nitrogens with one attached hydrogen (secondary N) is 2. The van der Waals surface area contributed by atoms with Crippen LogP contribution in [0, 0.1) is 12.7 Å². The molecule has 0 spiro atoms. The lowest BCUT2D eigenvalue weighted by Gasteiger charge is -2.31. The van der Waals surface area contributed by atoms with Gasteiger partial charge in [-0.25, -0.2) is 17.8 Å². The van der Waals surface area contributed by atoms with Gasteiger partial charge in [-0.2, -0.15) is 0 Å². The van der Waals surface area contributed by atoms with E-state index in [0.29, 0.717) is 6.04 Å². The molecule has 1 aliphatic rings. The first-order chi connectivity index (χ1) is 11.9. The third kappa shape index (κ3) is 3.78. The molecule has 1 aromatic carbocycles. The number of benzene rings is 1. The van der Waals surface area contributed by atoms with Gasteiger partial charge in [0.05, 0.1) is 5.51 Å². The second-order valence-corrected chi connectivity index (χ2v) is 8.35. The van der Waals surface area contributed by atoms with Crippen molar-refractivity contribution in [1.82, 2.24) is 10.3 Å². The van der Waals surface area contributed by atoms with Gasteiger partial charge >= 0.3 is 0 Å². The minimum atomic E-state index is -4.02. The number of hydrogen-bond donors (Lipinski definition) is 2. The summed E-state index contributed by atoms with van der Waals surface area (Å²) in [5.74, 6) is -0.564. The summed E-state index contributed by atoms with van der Waals surface area (Å²) in [6.07, 6.45) is 0.986. The summed E-state index contributed by atoms with van der Waals surface area (Å²) in [6, 6.07) is 3.01. The number of aromatic nitrogens is 1. The van der Waals surface area contributed by atoms with Crippen molar-refractivity contribution in [2.24, 2.45) is 0 Å². The Labute approximate surface area is 151 Å². The highest BCUT2D eigenvalue weighted by molar-refractivity contribution is 7.92. The lowest BCUT2D eigenvalue weighted by atomic mass is 10.1. The van der Waals surface area contributed by atoms with E-state index in [0.717, 1.165) is 37.3 Å². The Bertz CT molecular complexity index is 834. The molecular weight excluding hydrogens is 363 g/mol. The molecule has 0 aliphatic carbocycles. The van der Waals surface area contributed by atoms with E-state index >= 15 is 0 Å². The van der Waals surface area contributed by atoms with Crippen molar-refractivity contribution >= 4 is 32.9 Å². The van der Waals surface area contributed by atoms with Crippen LogP contribution in [-0.4, -0.2) is 39.1 Å². The van der Waals surface area contributed by atoms with Crippen LogP contribution in [0.15, 0.2) is 27.9 Å². The molecule has 1 aliphatic heterocycles. The molecule has 0 saturated carbocycles. The molecule has 25 heavy (non-hydrogen) atoms. The minimum absolute atomic E-state index is 0.193. The molecule has 3 rings (SSSR count). The molecule has 2 N–H and O–H groups in total. The van der Waals surface area contributed by atoms with E-state index < -0.39 is 15.8 Å². The van der Waals surface area contributed by atoms with E-state index in [1.54, 1.807) is 5.38 Å². The third-order valence-corrected chi connectivity index (χ3v) is 6.29. The van der Waals surface area contributed by atoms with E-state index in [9.17, 15) is 12.8 Å². The van der Waals surface area contributed by atoms with E-state index in [-0.39, 0.29) is 10.7 Å². The van der Waals surface area contributed by atoms with Crippen molar-refractivity contribution in [1.29, 1.82) is 0 Å². The van der Waals surface area contributed by atoms with Crippen LogP contribution in [0.1, 0.15) is 18.9 Å². The van der Waals surface area contributed by atoms with Crippen molar-refractivity contribution < 1.29 is 12.8 Å². The van der Waals surface area contributed by atoms with Crippen LogP contribution in [0.2, 0.25) is 0 Å². The fourth-order valence-electron chi connectivity index (χ4n) is 3.15. The van der Waals surface area contributed by atoms with Gasteiger partial charge in [0.2, 0.25) is 0 Å². The van der Waals surface area contributed by atoms with Gasteiger partial charge in [0.1, 0.15) is 10.7 Å². The Hall–Kier alpha value is -1.71. The van der Waals surface area contributed by atoms with Crippen molar-refractivity contribution in [2.45, 2.75) is 31.2 Å². The number of anilines is 2. The Balaban J connectivity index is 1.94. The molecule has 2 aromatic rings. The number of halogens is 1. The molecule has 136 valence electrons. The Kier molecular flexibility index (Phi) is 5.26. The van der Waals surface area contributed by atoms with E-state index in [1.807, 2.05) is 13.8 Å². The van der Waals surface area contributed by atoms with Gasteiger partial charge in [0.25, 0.3) is 10.0 Å². The monoisotopic (exact) mass is 384 g/mol. The normalized spacial score (nSPS) is 17.6. The maximum Gasteiger partial charge on any atom is 0.266 e. The van der Waals surface area contributed by atoms with Crippen molar-refractivity contribution in [2.75, 3.05) is 29.3 Å². The average Bonchev–Trinajstić information content (AvgIpc) is 3.24. The number of likely N-dealkylation sites (N-methyl/N-ethyl adjacent to an activating group) is 1. The minimum Gasteiger partial charge on any atom is -0.367 e. The van der Waals surface area contributed by atoms with Crippen LogP contribution in [0.5, 0.6) is 0 Å². The molecule has 2 heterocycles. The number of rotatable bonds is 6. The number of nitrogens with zero attached hydrogens (tertiary/aromatic N) is 2. The van der Waals surface area contributed by atoms with Gasteiger partial charge in [0, 0.05) is 30.2 Å². The SMILES string of the molecule is CCN(c1cc(F)c(S(=O)(=O)Nc2cscn2)cc1C)C1CCNC1. The molecule has 0 radical (unpaired) electrons. The lowest BCUT2D eigenvalue weighted by Crippen LogP contribution is -2.37. The quantitative estimate of drug-likeness (QED) is 0.801. The summed E-state index contributed by atoms with van der Waals surface area (Å²) in [5.41, 5.74) is 2.98. The standard InChI is InChI=1S/C16H21FN4O2S2/c1-3-21(12-4-5-18-8-12)14-7-13(17)15(6-11(14)2)25(22,23)20-16-9-24-10-19-16/h6-7,9-10,12,18,20H,3-5,8H2,1-2H3. The van der Waals surface area contributed by atoms with E-state index in [2.05, 4.69) is 19.9 Å². The molecule has 0 amide bonds. The topological polar surface area (TPSA) is 74.3 Å². The summed E-state index contributed by atoms with van der Waals surface area (Å²) in [7, 11) is -4.02. The second-order valence-electron chi connectivity index (χ2n) is 5.98. The average molecular weight is 385 g/mol. The van der Waals surface area contributed by atoms with Gasteiger partial charge < -0.3 is 10.2 Å². The van der Waals surface area contributed by atoms with Gasteiger partial charge in [0.15, 0.2) is 5.82 Å². The van der Waals surface area contributed by atoms with Crippen molar-refractivity contribution in [3.8, 4) is 0 Å². The Morgan fingerprint density at radius 3 is 2.88 bits per heavy atom. The van der Waals surface area contributed by atoms with Gasteiger partial charge in [-0.3, -0.25) is 4.72 Å². The van der Waals surface area contributed by atoms with Crippen molar-refractivity contribution in [3.63, 3.8) is 0 Å². The van der Waals surface area contributed by atoms with Crippen LogP contribution < -0.4 is 14.9 Å². The highest BCUT2D eigenvalue weighted by atomic mass is 32.2. The summed E-state index contributed by atoms with van der Waals surface area (Å²) in [5, 5.41) is 4.86. The van der Waals surface area contributed by atoms with Crippen LogP contribution >= 0.6 is 11.3 Å². The number of thiazole rings is 1. The zero-order valence-electron chi connectivity index (χ0n) is 14.1. The molecule has 6 nitrogen and oxygen atoms in total. The Morgan fingerprint density at radius 2 is 2.28 bits per heavy atom. The summed E-state index contributed by atoms with van der Waals surface area (Å²) >= 11 is 1.26. The van der Waals surface area contributed by atoms with Gasteiger partial charge in [-0.05, 0) is 44.5 Å². The summed E-state index contributed by atoms with van der Waals surface area (Å²) in [4.78, 5) is 5.65. The van der Waals surface area contributed by atoms with E-state index in [4.69, 9.17) is 0 Å². The first-order valence-corrected chi connectivity index (χ1v) is 10.5. The second kappa shape index (κ2) is 7.27. The third-order valence-electron chi connectivity index (χ3n) is 4.34. The molecule has 0 bridgehead atoms. The molecular formula is C16H21FN4O2S2. The van der Waals surface area contributed by atoms with Crippen LogP contribution in [0.4, 0.5) is 15.9 Å². The zero-order chi connectivity index (χ0) is 18.0. The highest BCUT2D eigenvalue weighted by Crippen LogP contribution is 2.29. The summed E-state index contributed by atoms with van der Waals surface area (Å²) < 4.78 is 41.9. The molecule has 1 fully saturated rings. The smallest absolute Gasteiger partial charge is 0.266 e. The molecule has 1 unspecified atom stereocenters. The van der Waals surface area contributed by atoms with Crippen LogP contribution in [0.25, 0.3) is 0 Å². The lowest BCUT2D eigenvalue weighted by molar-refractivity contribution is 0.567. The van der Waals surface area contributed by atoms with Crippen LogP contribution in [-0.2, 0) is 10.0 Å². The molecule has 1 aromatic heterocycles. The Morgan fingerprint density at radius 1 is 1.48 bits per heavy atom. The van der Waals surface area contributed by atoms with E-state index in [1.165, 1.54) is 29.0 Å². The predicted octanol–water partition coefficient (Wildman–Crippen LogP) is 2.58. The number of aryl methyl sites for hydroxylation is 1. The molecule has 1 saturated heterocycles. The molecule has 9 heteroatoms. The number of hydrogen-bond acceptors (Lipinski definition) is 6. The zero-order valence-corrected chi connectivity index (χ0v) is 15.8. The van der Waals surface area contributed by atoms with Gasteiger partial charge in [-0.1, -0.05) is 0 Å². The summed E-state index contributed by atoms with van der Waals surface area (Å²) in [6.45, 7) is 6.34.